The molecule has 0 radical (unpaired) electrons. The summed E-state index contributed by atoms with van der Waals surface area (Å²) in [5.41, 5.74) is 2.07. The smallest absolute Gasteiger partial charge is 0.263 e. The molecule has 1 aromatic carbocycles. The Labute approximate surface area is 130 Å². The fourth-order valence-corrected chi connectivity index (χ4v) is 3.65. The number of nitrogens with one attached hydrogen (secondary N) is 1. The molecule has 2 rings (SSSR count). The first-order valence-electron chi connectivity index (χ1n) is 6.88. The second-order valence-corrected chi connectivity index (χ2v) is 7.12. The van der Waals surface area contributed by atoms with Crippen LogP contribution in [0, 0.1) is 13.8 Å². The first-order valence-corrected chi connectivity index (χ1v) is 8.37. The molecule has 0 fully saturated rings. The Hall–Kier alpha value is -2.02. The largest absolute Gasteiger partial charge is 0.496 e. The number of hydrogen-bond donors (Lipinski definition) is 1. The van der Waals surface area contributed by atoms with Gasteiger partial charge in [-0.2, -0.15) is 0 Å². The number of anilines is 1. The minimum absolute atomic E-state index is 0.0273. The van der Waals surface area contributed by atoms with Crippen LogP contribution in [-0.4, -0.2) is 20.7 Å². The van der Waals surface area contributed by atoms with Gasteiger partial charge in [0.05, 0.1) is 12.0 Å². The van der Waals surface area contributed by atoms with Crippen LogP contribution < -0.4 is 9.46 Å². The molecule has 120 valence electrons. The highest BCUT2D eigenvalue weighted by Crippen LogP contribution is 2.32. The molecular weight excluding hydrogens is 304 g/mol. The summed E-state index contributed by atoms with van der Waals surface area (Å²) in [6.45, 7) is 7.40. The quantitative estimate of drug-likeness (QED) is 0.913. The molecule has 7 heteroatoms. The number of sulfonamides is 1. The number of methoxy groups -OCH3 is 1. The monoisotopic (exact) mass is 324 g/mol. The van der Waals surface area contributed by atoms with Crippen molar-refractivity contribution in [1.82, 2.24) is 5.16 Å². The van der Waals surface area contributed by atoms with Crippen molar-refractivity contribution in [1.29, 1.82) is 0 Å². The van der Waals surface area contributed by atoms with E-state index in [0.29, 0.717) is 16.9 Å². The van der Waals surface area contributed by atoms with Crippen molar-refractivity contribution < 1.29 is 17.7 Å². The summed E-state index contributed by atoms with van der Waals surface area (Å²) in [5, 5.41) is 3.67. The van der Waals surface area contributed by atoms with Crippen molar-refractivity contribution in [3.05, 3.63) is 35.1 Å². The van der Waals surface area contributed by atoms with Gasteiger partial charge in [0.1, 0.15) is 12.0 Å². The number of ether oxygens (including phenoxy) is 1. The maximum absolute atomic E-state index is 12.7. The second kappa shape index (κ2) is 6.00. The molecule has 1 N–H and O–H groups in total. The fourth-order valence-electron chi connectivity index (χ4n) is 2.15. The highest BCUT2D eigenvalue weighted by atomic mass is 32.2. The Balaban J connectivity index is 2.55. The van der Waals surface area contributed by atoms with Gasteiger partial charge in [-0.25, -0.2) is 8.42 Å². The molecule has 0 atom stereocenters. The Morgan fingerprint density at radius 1 is 1.23 bits per heavy atom. The van der Waals surface area contributed by atoms with E-state index in [-0.39, 0.29) is 16.6 Å². The van der Waals surface area contributed by atoms with Gasteiger partial charge in [0.25, 0.3) is 10.0 Å². The van der Waals surface area contributed by atoms with E-state index in [4.69, 9.17) is 9.26 Å². The molecule has 6 nitrogen and oxygen atoms in total. The Kier molecular flexibility index (Phi) is 4.46. The summed E-state index contributed by atoms with van der Waals surface area (Å²) < 4.78 is 37.9. The predicted octanol–water partition coefficient (Wildman–Crippen LogP) is 3.22. The van der Waals surface area contributed by atoms with Gasteiger partial charge in [0.2, 0.25) is 0 Å². The number of aromatic nitrogens is 1. The van der Waals surface area contributed by atoms with Crippen LogP contribution in [0.2, 0.25) is 0 Å². The lowest BCUT2D eigenvalue weighted by Gasteiger charge is -2.17. The normalized spacial score (nSPS) is 11.7. The van der Waals surface area contributed by atoms with Crippen LogP contribution in [0.5, 0.6) is 5.75 Å². The molecule has 0 unspecified atom stereocenters. The van der Waals surface area contributed by atoms with Crippen LogP contribution >= 0.6 is 0 Å². The first-order chi connectivity index (χ1) is 10.3. The van der Waals surface area contributed by atoms with E-state index >= 15 is 0 Å². The lowest BCUT2D eigenvalue weighted by Crippen LogP contribution is -2.17. The minimum Gasteiger partial charge on any atom is -0.496 e. The van der Waals surface area contributed by atoms with Gasteiger partial charge < -0.3 is 9.26 Å². The summed E-state index contributed by atoms with van der Waals surface area (Å²) >= 11 is 0. The van der Waals surface area contributed by atoms with Crippen molar-refractivity contribution >= 4 is 15.8 Å². The summed E-state index contributed by atoms with van der Waals surface area (Å²) in [5.74, 6) is 0.892. The van der Waals surface area contributed by atoms with Gasteiger partial charge in [-0.15, -0.1) is 0 Å². The average molecular weight is 324 g/mol. The number of hydrogen-bond acceptors (Lipinski definition) is 5. The molecule has 0 aliphatic heterocycles. The molecule has 1 aromatic heterocycles. The zero-order valence-electron chi connectivity index (χ0n) is 13.3. The van der Waals surface area contributed by atoms with Crippen LogP contribution in [0.3, 0.4) is 0 Å². The highest BCUT2D eigenvalue weighted by Gasteiger charge is 2.24. The SMILES string of the molecule is COc1cc(C(C)C)c(S(=O)(=O)Nc2nocc2C)cc1C. The summed E-state index contributed by atoms with van der Waals surface area (Å²) in [4.78, 5) is 0.225. The molecular formula is C15H20N2O4S. The van der Waals surface area contributed by atoms with Crippen LogP contribution in [0.15, 0.2) is 27.8 Å². The maximum Gasteiger partial charge on any atom is 0.263 e. The van der Waals surface area contributed by atoms with Crippen molar-refractivity contribution in [2.45, 2.75) is 38.5 Å². The predicted molar refractivity (Wildman–Crippen MR) is 83.9 cm³/mol. The second-order valence-electron chi connectivity index (χ2n) is 5.47. The van der Waals surface area contributed by atoms with Crippen LogP contribution in [0.25, 0.3) is 0 Å². The Bertz CT molecular complexity index is 779. The number of aryl methyl sites for hydroxylation is 2. The molecule has 0 spiro atoms. The first kappa shape index (κ1) is 16.4. The molecule has 0 amide bonds. The van der Waals surface area contributed by atoms with E-state index in [2.05, 4.69) is 9.88 Å². The standard InChI is InChI=1S/C15H20N2O4S/c1-9(2)12-7-13(20-5)10(3)6-14(12)22(18,19)17-15-11(4)8-21-16-15/h6-9H,1-5H3,(H,16,17). The average Bonchev–Trinajstić information content (AvgIpc) is 2.83. The van der Waals surface area contributed by atoms with E-state index in [1.54, 1.807) is 26.2 Å². The third-order valence-electron chi connectivity index (χ3n) is 3.42. The van der Waals surface area contributed by atoms with E-state index in [1.807, 2.05) is 20.8 Å². The summed E-state index contributed by atoms with van der Waals surface area (Å²) in [6.07, 6.45) is 1.39. The summed E-state index contributed by atoms with van der Waals surface area (Å²) in [7, 11) is -2.19. The Morgan fingerprint density at radius 2 is 1.91 bits per heavy atom. The molecule has 0 aliphatic rings. The van der Waals surface area contributed by atoms with Crippen molar-refractivity contribution in [2.75, 3.05) is 11.8 Å². The van der Waals surface area contributed by atoms with E-state index in [1.165, 1.54) is 6.26 Å². The topological polar surface area (TPSA) is 81.4 Å². The van der Waals surface area contributed by atoms with Crippen LogP contribution in [0.4, 0.5) is 5.82 Å². The number of rotatable bonds is 5. The number of nitrogens with zero attached hydrogens (tertiary/aromatic N) is 1. The fraction of sp³-hybridized carbons (Fsp3) is 0.400. The van der Waals surface area contributed by atoms with E-state index in [9.17, 15) is 8.42 Å². The van der Waals surface area contributed by atoms with Gasteiger partial charge in [-0.1, -0.05) is 19.0 Å². The third kappa shape index (κ3) is 3.09. The molecule has 2 aromatic rings. The van der Waals surface area contributed by atoms with Gasteiger partial charge in [-0.05, 0) is 43.0 Å². The minimum atomic E-state index is -3.76. The molecule has 0 saturated carbocycles. The number of benzene rings is 1. The molecule has 22 heavy (non-hydrogen) atoms. The Morgan fingerprint density at radius 3 is 2.41 bits per heavy atom. The lowest BCUT2D eigenvalue weighted by atomic mass is 10.0. The molecule has 0 bridgehead atoms. The third-order valence-corrected chi connectivity index (χ3v) is 4.81. The maximum atomic E-state index is 12.7. The van der Waals surface area contributed by atoms with Gasteiger partial charge in [-0.3, -0.25) is 4.72 Å². The highest BCUT2D eigenvalue weighted by molar-refractivity contribution is 7.92. The molecule has 0 saturated heterocycles. The zero-order chi connectivity index (χ0) is 16.5. The van der Waals surface area contributed by atoms with Crippen LogP contribution in [-0.2, 0) is 10.0 Å². The van der Waals surface area contributed by atoms with Gasteiger partial charge in [0.15, 0.2) is 5.82 Å². The van der Waals surface area contributed by atoms with E-state index < -0.39 is 10.0 Å². The van der Waals surface area contributed by atoms with Crippen molar-refractivity contribution in [2.24, 2.45) is 0 Å². The van der Waals surface area contributed by atoms with Gasteiger partial charge >= 0.3 is 0 Å². The van der Waals surface area contributed by atoms with E-state index in [0.717, 1.165) is 5.56 Å². The zero-order valence-corrected chi connectivity index (χ0v) is 14.1. The van der Waals surface area contributed by atoms with Gasteiger partial charge in [0, 0.05) is 5.56 Å². The lowest BCUT2D eigenvalue weighted by molar-refractivity contribution is 0.410. The molecule has 1 heterocycles. The van der Waals surface area contributed by atoms with Crippen molar-refractivity contribution in [3.8, 4) is 5.75 Å². The summed E-state index contributed by atoms with van der Waals surface area (Å²) in [6, 6.07) is 3.39. The van der Waals surface area contributed by atoms with Crippen molar-refractivity contribution in [3.63, 3.8) is 0 Å². The van der Waals surface area contributed by atoms with Crippen LogP contribution in [0.1, 0.15) is 36.5 Å². The molecule has 0 aliphatic carbocycles.